The molecule has 0 fully saturated rings. The predicted octanol–water partition coefficient (Wildman–Crippen LogP) is 4.00. The predicted molar refractivity (Wildman–Crippen MR) is 81.5 cm³/mol. The highest BCUT2D eigenvalue weighted by Gasteiger charge is 1.93. The molecule has 0 amide bonds. The fourth-order valence-electron chi connectivity index (χ4n) is 1.90. The molecule has 0 rings (SSSR count). The minimum Gasteiger partial charge on any atom is -0.366 e. The van der Waals surface area contributed by atoms with E-state index >= 15 is 0 Å². The second-order valence-corrected chi connectivity index (χ2v) is 5.10. The molecule has 2 N–H and O–H groups in total. The summed E-state index contributed by atoms with van der Waals surface area (Å²) in [5, 5.41) is 6.86. The zero-order valence-corrected chi connectivity index (χ0v) is 12.5. The van der Waals surface area contributed by atoms with Crippen LogP contribution in [0.2, 0.25) is 0 Å². The van der Waals surface area contributed by atoms with E-state index < -0.39 is 0 Å². The summed E-state index contributed by atoms with van der Waals surface area (Å²) in [5.41, 5.74) is 0. The third kappa shape index (κ3) is 13.6. The molecule has 0 saturated carbocycles. The largest absolute Gasteiger partial charge is 0.366 e. The molecule has 0 bridgehead atoms. The summed E-state index contributed by atoms with van der Waals surface area (Å²) in [5.74, 6) is 0. The number of thiocarbonyl (C=S) groups is 1. The molecule has 0 aliphatic heterocycles. The highest BCUT2D eigenvalue weighted by molar-refractivity contribution is 7.80. The minimum absolute atomic E-state index is 0.765. The van der Waals surface area contributed by atoms with Gasteiger partial charge in [-0.05, 0) is 18.6 Å². The van der Waals surface area contributed by atoms with Gasteiger partial charge in [-0.2, -0.15) is 0 Å². The molecule has 0 radical (unpaired) electrons. The lowest BCUT2D eigenvalue weighted by Crippen LogP contribution is -2.32. The van der Waals surface area contributed by atoms with E-state index in [1.807, 2.05) is 7.05 Å². The highest BCUT2D eigenvalue weighted by atomic mass is 32.1. The van der Waals surface area contributed by atoms with Crippen LogP contribution in [0.5, 0.6) is 0 Å². The van der Waals surface area contributed by atoms with Crippen molar-refractivity contribution in [2.45, 2.75) is 71.1 Å². The Morgan fingerprint density at radius 3 is 1.76 bits per heavy atom. The average Bonchev–Trinajstić information content (AvgIpc) is 2.35. The number of nitrogens with one attached hydrogen (secondary N) is 2. The summed E-state index contributed by atoms with van der Waals surface area (Å²) in [6, 6.07) is 0. The van der Waals surface area contributed by atoms with Crippen LogP contribution in [0.15, 0.2) is 0 Å². The van der Waals surface area contributed by atoms with Gasteiger partial charge >= 0.3 is 0 Å². The Hall–Kier alpha value is -0.310. The summed E-state index contributed by atoms with van der Waals surface area (Å²) in [6.45, 7) is 3.28. The maximum absolute atomic E-state index is 5.00. The molecule has 2 nitrogen and oxygen atoms in total. The third-order valence-electron chi connectivity index (χ3n) is 3.04. The van der Waals surface area contributed by atoms with Gasteiger partial charge in [-0.3, -0.25) is 0 Å². The number of unbranched alkanes of at least 4 members (excludes halogenated alkanes) is 9. The molecule has 0 spiro atoms. The van der Waals surface area contributed by atoms with Crippen molar-refractivity contribution in [1.29, 1.82) is 0 Å². The van der Waals surface area contributed by atoms with Gasteiger partial charge < -0.3 is 10.6 Å². The van der Waals surface area contributed by atoms with Crippen LogP contribution < -0.4 is 10.6 Å². The van der Waals surface area contributed by atoms with Crippen LogP contribution in [0.4, 0.5) is 0 Å². The first-order valence-electron chi connectivity index (χ1n) is 7.26. The Kier molecular flexibility index (Phi) is 13.5. The maximum atomic E-state index is 5.00. The standard InChI is InChI=1S/C14H30N2S/c1-3-4-5-6-7-8-9-10-11-12-13-16-14(17)15-2/h3-13H2,1-2H3,(H2,15,16,17). The number of hydrogen-bond donors (Lipinski definition) is 2. The van der Waals surface area contributed by atoms with Crippen molar-refractivity contribution in [3.8, 4) is 0 Å². The second kappa shape index (κ2) is 13.8. The lowest BCUT2D eigenvalue weighted by molar-refractivity contribution is 0.554. The molecular formula is C14H30N2S. The summed E-state index contributed by atoms with van der Waals surface area (Å²) in [7, 11) is 1.86. The Bertz CT molecular complexity index is 172. The molecule has 3 heteroatoms. The molecule has 0 atom stereocenters. The summed E-state index contributed by atoms with van der Waals surface area (Å²) in [6.07, 6.45) is 13.8. The molecule has 0 aromatic heterocycles. The first kappa shape index (κ1) is 16.7. The molecule has 17 heavy (non-hydrogen) atoms. The van der Waals surface area contributed by atoms with E-state index in [4.69, 9.17) is 12.2 Å². The lowest BCUT2D eigenvalue weighted by atomic mass is 10.1. The molecule has 0 unspecified atom stereocenters. The van der Waals surface area contributed by atoms with Gasteiger partial charge in [0.25, 0.3) is 0 Å². The van der Waals surface area contributed by atoms with Crippen molar-refractivity contribution in [3.63, 3.8) is 0 Å². The topological polar surface area (TPSA) is 24.1 Å². The molecule has 0 aromatic rings. The monoisotopic (exact) mass is 258 g/mol. The third-order valence-corrected chi connectivity index (χ3v) is 3.39. The number of rotatable bonds is 11. The zero-order chi connectivity index (χ0) is 12.8. The normalized spacial score (nSPS) is 10.2. The van der Waals surface area contributed by atoms with Crippen LogP contribution in [0.1, 0.15) is 71.1 Å². The van der Waals surface area contributed by atoms with Gasteiger partial charge in [0.15, 0.2) is 5.11 Å². The fraction of sp³-hybridized carbons (Fsp3) is 0.929. The fourth-order valence-corrected chi connectivity index (χ4v) is 2.00. The SMILES string of the molecule is CCCCCCCCCCCCNC(=S)NC. The molecule has 102 valence electrons. The van der Waals surface area contributed by atoms with Crippen molar-refractivity contribution in [2.75, 3.05) is 13.6 Å². The summed E-state index contributed by atoms with van der Waals surface area (Å²) < 4.78 is 0. The van der Waals surface area contributed by atoms with Crippen molar-refractivity contribution < 1.29 is 0 Å². The first-order valence-corrected chi connectivity index (χ1v) is 7.67. The van der Waals surface area contributed by atoms with Crippen LogP contribution in [0.25, 0.3) is 0 Å². The number of hydrogen-bond acceptors (Lipinski definition) is 1. The van der Waals surface area contributed by atoms with Crippen molar-refractivity contribution in [3.05, 3.63) is 0 Å². The maximum Gasteiger partial charge on any atom is 0.166 e. The van der Waals surface area contributed by atoms with E-state index in [0.717, 1.165) is 11.7 Å². The van der Waals surface area contributed by atoms with E-state index in [1.54, 1.807) is 0 Å². The smallest absolute Gasteiger partial charge is 0.166 e. The van der Waals surface area contributed by atoms with Crippen LogP contribution in [0, 0.1) is 0 Å². The van der Waals surface area contributed by atoms with Crippen molar-refractivity contribution in [1.82, 2.24) is 10.6 Å². The second-order valence-electron chi connectivity index (χ2n) is 4.69. The van der Waals surface area contributed by atoms with Gasteiger partial charge in [-0.25, -0.2) is 0 Å². The zero-order valence-electron chi connectivity index (χ0n) is 11.7. The molecule has 0 heterocycles. The van der Waals surface area contributed by atoms with Gasteiger partial charge in [-0.15, -0.1) is 0 Å². The van der Waals surface area contributed by atoms with Crippen molar-refractivity contribution in [2.24, 2.45) is 0 Å². The molecule has 0 aliphatic rings. The van der Waals surface area contributed by atoms with E-state index in [2.05, 4.69) is 17.6 Å². The molecular weight excluding hydrogens is 228 g/mol. The van der Waals surface area contributed by atoms with E-state index in [0.29, 0.717) is 0 Å². The molecule has 0 aliphatic carbocycles. The highest BCUT2D eigenvalue weighted by Crippen LogP contribution is 2.10. The van der Waals surface area contributed by atoms with Crippen molar-refractivity contribution >= 4 is 17.3 Å². The van der Waals surface area contributed by atoms with Crippen LogP contribution in [-0.4, -0.2) is 18.7 Å². The summed E-state index contributed by atoms with van der Waals surface area (Å²) >= 11 is 5.00. The molecule has 0 aromatic carbocycles. The van der Waals surface area contributed by atoms with Gasteiger partial charge in [0.1, 0.15) is 0 Å². The Morgan fingerprint density at radius 1 is 0.824 bits per heavy atom. The first-order chi connectivity index (χ1) is 8.31. The van der Waals surface area contributed by atoms with Gasteiger partial charge in [0, 0.05) is 13.6 Å². The van der Waals surface area contributed by atoms with Crippen LogP contribution >= 0.6 is 12.2 Å². The summed E-state index contributed by atoms with van der Waals surface area (Å²) in [4.78, 5) is 0. The van der Waals surface area contributed by atoms with Gasteiger partial charge in [0.05, 0.1) is 0 Å². The Labute approximate surface area is 113 Å². The quantitative estimate of drug-likeness (QED) is 0.433. The van der Waals surface area contributed by atoms with E-state index in [9.17, 15) is 0 Å². The van der Waals surface area contributed by atoms with Crippen LogP contribution in [0.3, 0.4) is 0 Å². The van der Waals surface area contributed by atoms with Crippen LogP contribution in [-0.2, 0) is 0 Å². The molecule has 0 saturated heterocycles. The van der Waals surface area contributed by atoms with Gasteiger partial charge in [-0.1, -0.05) is 64.7 Å². The van der Waals surface area contributed by atoms with E-state index in [-0.39, 0.29) is 0 Å². The minimum atomic E-state index is 0.765. The van der Waals surface area contributed by atoms with Gasteiger partial charge in [0.2, 0.25) is 0 Å². The lowest BCUT2D eigenvalue weighted by Gasteiger charge is -2.06. The Balaban J connectivity index is 2.96. The van der Waals surface area contributed by atoms with E-state index in [1.165, 1.54) is 64.2 Å². The Morgan fingerprint density at radius 2 is 1.29 bits per heavy atom. The average molecular weight is 258 g/mol.